The molecule has 3 aromatic heterocycles. The molecule has 0 aromatic carbocycles. The standard InChI is InChI=1S/C13H12ClN5O2S/c1-9(13-17-16-12-4-2-3-7-19(12)13)18-22(20,21)10-5-6-11(14)15-8-10/h2-9,18H,1H3/t9-/m0/s1. The molecular formula is C13H12ClN5O2S. The third kappa shape index (κ3) is 2.80. The second kappa shape index (κ2) is 5.64. The maximum atomic E-state index is 12.3. The Morgan fingerprint density at radius 1 is 1.23 bits per heavy atom. The molecule has 0 radical (unpaired) electrons. The van der Waals surface area contributed by atoms with Crippen LogP contribution in [0.15, 0.2) is 47.6 Å². The largest absolute Gasteiger partial charge is 0.285 e. The van der Waals surface area contributed by atoms with E-state index in [0.717, 1.165) is 0 Å². The van der Waals surface area contributed by atoms with Crippen LogP contribution in [-0.4, -0.2) is 28.0 Å². The maximum absolute atomic E-state index is 12.3. The summed E-state index contributed by atoms with van der Waals surface area (Å²) in [4.78, 5) is 3.82. The van der Waals surface area contributed by atoms with Crippen molar-refractivity contribution >= 4 is 27.3 Å². The molecule has 0 aliphatic heterocycles. The summed E-state index contributed by atoms with van der Waals surface area (Å²) in [5.74, 6) is 0.501. The van der Waals surface area contributed by atoms with Crippen molar-refractivity contribution in [3.8, 4) is 0 Å². The molecule has 0 aliphatic rings. The summed E-state index contributed by atoms with van der Waals surface area (Å²) in [5.41, 5.74) is 0.650. The third-order valence-electron chi connectivity index (χ3n) is 3.07. The minimum Gasteiger partial charge on any atom is -0.285 e. The number of nitrogens with one attached hydrogen (secondary N) is 1. The van der Waals surface area contributed by atoms with Crippen molar-refractivity contribution in [2.75, 3.05) is 0 Å². The minimum absolute atomic E-state index is 0.0394. The predicted molar refractivity (Wildman–Crippen MR) is 81.0 cm³/mol. The van der Waals surface area contributed by atoms with Gasteiger partial charge in [-0.25, -0.2) is 18.1 Å². The smallest absolute Gasteiger partial charge is 0.242 e. The Kier molecular flexibility index (Phi) is 3.81. The second-order valence-corrected chi connectivity index (χ2v) is 6.75. The van der Waals surface area contributed by atoms with E-state index in [9.17, 15) is 8.42 Å². The molecule has 7 nitrogen and oxygen atoms in total. The Bertz CT molecular complexity index is 908. The van der Waals surface area contributed by atoms with Crippen molar-refractivity contribution in [3.63, 3.8) is 0 Å². The highest BCUT2D eigenvalue weighted by atomic mass is 35.5. The first-order valence-corrected chi connectivity index (χ1v) is 8.27. The van der Waals surface area contributed by atoms with Gasteiger partial charge in [-0.1, -0.05) is 17.7 Å². The number of nitrogens with zero attached hydrogens (tertiary/aromatic N) is 4. The number of rotatable bonds is 4. The molecule has 0 spiro atoms. The summed E-state index contributed by atoms with van der Waals surface area (Å²) in [6.07, 6.45) is 2.98. The molecule has 0 aliphatic carbocycles. The van der Waals surface area contributed by atoms with E-state index in [1.807, 2.05) is 12.1 Å². The van der Waals surface area contributed by atoms with Crippen LogP contribution in [0, 0.1) is 0 Å². The zero-order chi connectivity index (χ0) is 15.7. The van der Waals surface area contributed by atoms with Crippen LogP contribution in [0.1, 0.15) is 18.8 Å². The first kappa shape index (κ1) is 14.9. The van der Waals surface area contributed by atoms with Gasteiger partial charge < -0.3 is 0 Å². The van der Waals surface area contributed by atoms with Gasteiger partial charge in [0.05, 0.1) is 6.04 Å². The van der Waals surface area contributed by atoms with Crippen molar-refractivity contribution in [1.82, 2.24) is 24.3 Å². The Morgan fingerprint density at radius 2 is 2.05 bits per heavy atom. The average molecular weight is 338 g/mol. The summed E-state index contributed by atoms with van der Waals surface area (Å²) in [6, 6.07) is 7.71. The number of pyridine rings is 2. The molecule has 0 saturated carbocycles. The number of hydrogen-bond donors (Lipinski definition) is 1. The zero-order valence-electron chi connectivity index (χ0n) is 11.5. The fourth-order valence-corrected chi connectivity index (χ4v) is 3.29. The Balaban J connectivity index is 1.90. The molecule has 3 rings (SSSR count). The SMILES string of the molecule is C[C@H](NS(=O)(=O)c1ccc(Cl)nc1)c1nnc2ccccn12. The van der Waals surface area contributed by atoms with Crippen molar-refractivity contribution in [2.24, 2.45) is 0 Å². The van der Waals surface area contributed by atoms with Crippen molar-refractivity contribution in [3.05, 3.63) is 53.7 Å². The highest BCUT2D eigenvalue weighted by Gasteiger charge is 2.22. The summed E-state index contributed by atoms with van der Waals surface area (Å²) < 4.78 is 28.9. The normalized spacial score (nSPS) is 13.4. The van der Waals surface area contributed by atoms with E-state index >= 15 is 0 Å². The third-order valence-corrected chi connectivity index (χ3v) is 4.82. The van der Waals surface area contributed by atoms with Gasteiger partial charge in [-0.2, -0.15) is 0 Å². The topological polar surface area (TPSA) is 89.2 Å². The molecule has 0 saturated heterocycles. The molecule has 0 bridgehead atoms. The molecule has 0 amide bonds. The Morgan fingerprint density at radius 3 is 2.77 bits per heavy atom. The lowest BCUT2D eigenvalue weighted by atomic mass is 10.3. The molecule has 1 N–H and O–H groups in total. The van der Waals surface area contributed by atoms with Crippen LogP contribution in [-0.2, 0) is 10.0 Å². The zero-order valence-corrected chi connectivity index (χ0v) is 13.1. The fraction of sp³-hybridized carbons (Fsp3) is 0.154. The fourth-order valence-electron chi connectivity index (χ4n) is 2.03. The number of aromatic nitrogens is 4. The molecule has 3 heterocycles. The first-order chi connectivity index (χ1) is 10.5. The molecule has 0 fully saturated rings. The Labute approximate surface area is 132 Å². The van der Waals surface area contributed by atoms with Gasteiger partial charge in [-0.15, -0.1) is 10.2 Å². The second-order valence-electron chi connectivity index (χ2n) is 4.65. The number of sulfonamides is 1. The molecular weight excluding hydrogens is 326 g/mol. The van der Waals surface area contributed by atoms with Crippen molar-refractivity contribution < 1.29 is 8.42 Å². The predicted octanol–water partition coefficient (Wildman–Crippen LogP) is 1.82. The van der Waals surface area contributed by atoms with Gasteiger partial charge >= 0.3 is 0 Å². The summed E-state index contributed by atoms with van der Waals surface area (Å²) >= 11 is 5.67. The molecule has 1 atom stereocenters. The average Bonchev–Trinajstić information content (AvgIpc) is 2.91. The monoisotopic (exact) mass is 337 g/mol. The van der Waals surface area contributed by atoms with Crippen LogP contribution >= 0.6 is 11.6 Å². The lowest BCUT2D eigenvalue weighted by molar-refractivity contribution is 0.558. The Hall–Kier alpha value is -2.03. The van der Waals surface area contributed by atoms with Crippen LogP contribution in [0.4, 0.5) is 0 Å². The van der Waals surface area contributed by atoms with E-state index in [0.29, 0.717) is 11.5 Å². The van der Waals surface area contributed by atoms with Crippen LogP contribution in [0.25, 0.3) is 5.65 Å². The highest BCUT2D eigenvalue weighted by molar-refractivity contribution is 7.89. The lowest BCUT2D eigenvalue weighted by Gasteiger charge is -2.12. The van der Waals surface area contributed by atoms with Gasteiger partial charge in [0.15, 0.2) is 11.5 Å². The van der Waals surface area contributed by atoms with Gasteiger partial charge in [-0.3, -0.25) is 4.40 Å². The summed E-state index contributed by atoms with van der Waals surface area (Å²) in [6.45, 7) is 1.70. The molecule has 114 valence electrons. The van der Waals surface area contributed by atoms with Gasteiger partial charge in [0, 0.05) is 12.4 Å². The van der Waals surface area contributed by atoms with E-state index in [2.05, 4.69) is 19.9 Å². The highest BCUT2D eigenvalue weighted by Crippen LogP contribution is 2.17. The van der Waals surface area contributed by atoms with Crippen molar-refractivity contribution in [1.29, 1.82) is 0 Å². The molecule has 0 unspecified atom stereocenters. The molecule has 9 heteroatoms. The van der Waals surface area contributed by atoms with Crippen LogP contribution in [0.3, 0.4) is 0 Å². The van der Waals surface area contributed by atoms with E-state index in [-0.39, 0.29) is 10.0 Å². The quantitative estimate of drug-likeness (QED) is 0.733. The van der Waals surface area contributed by atoms with Crippen LogP contribution in [0.2, 0.25) is 5.15 Å². The van der Waals surface area contributed by atoms with E-state index in [1.165, 1.54) is 18.3 Å². The summed E-state index contributed by atoms with van der Waals surface area (Å²) in [5, 5.41) is 8.27. The van der Waals surface area contributed by atoms with Crippen LogP contribution in [0.5, 0.6) is 0 Å². The van der Waals surface area contributed by atoms with Gasteiger partial charge in [0.25, 0.3) is 0 Å². The van der Waals surface area contributed by atoms with Crippen molar-refractivity contribution in [2.45, 2.75) is 17.9 Å². The first-order valence-electron chi connectivity index (χ1n) is 6.41. The number of hydrogen-bond acceptors (Lipinski definition) is 5. The van der Waals surface area contributed by atoms with E-state index < -0.39 is 16.1 Å². The van der Waals surface area contributed by atoms with Gasteiger partial charge in [-0.05, 0) is 31.2 Å². The minimum atomic E-state index is -3.72. The number of halogens is 1. The maximum Gasteiger partial charge on any atom is 0.242 e. The molecule has 3 aromatic rings. The van der Waals surface area contributed by atoms with Crippen LogP contribution < -0.4 is 4.72 Å². The van der Waals surface area contributed by atoms with Gasteiger partial charge in [0.2, 0.25) is 10.0 Å². The van der Waals surface area contributed by atoms with E-state index in [4.69, 9.17) is 11.6 Å². The van der Waals surface area contributed by atoms with Gasteiger partial charge in [0.1, 0.15) is 10.0 Å². The lowest BCUT2D eigenvalue weighted by Crippen LogP contribution is -2.28. The van der Waals surface area contributed by atoms with E-state index in [1.54, 1.807) is 23.6 Å². The number of fused-ring (bicyclic) bond motifs is 1. The summed E-state index contributed by atoms with van der Waals surface area (Å²) in [7, 11) is -3.72. The molecule has 22 heavy (non-hydrogen) atoms.